The highest BCUT2D eigenvalue weighted by molar-refractivity contribution is 5.79. The molecule has 0 aromatic rings. The predicted octanol–water partition coefficient (Wildman–Crippen LogP) is 2.87. The Labute approximate surface area is 149 Å². The lowest BCUT2D eigenvalue weighted by Gasteiger charge is -2.26. The van der Waals surface area contributed by atoms with Crippen molar-refractivity contribution in [2.24, 2.45) is 10.9 Å². The Morgan fingerprint density at radius 1 is 1.08 bits per heavy atom. The largest absolute Gasteiger partial charge is 0.379 e. The molecule has 1 aliphatic rings. The van der Waals surface area contributed by atoms with Gasteiger partial charge in [-0.15, -0.1) is 0 Å². The summed E-state index contributed by atoms with van der Waals surface area (Å²) >= 11 is 0. The molecule has 1 heterocycles. The van der Waals surface area contributed by atoms with E-state index in [0.29, 0.717) is 0 Å². The summed E-state index contributed by atoms with van der Waals surface area (Å²) in [5, 5.41) is 6.86. The number of nitrogens with one attached hydrogen (secondary N) is 2. The van der Waals surface area contributed by atoms with Crippen molar-refractivity contribution < 1.29 is 4.74 Å². The third-order valence-corrected chi connectivity index (χ3v) is 4.69. The minimum absolute atomic E-state index is 0.724. The number of ether oxygens (including phenoxy) is 1. The van der Waals surface area contributed by atoms with Crippen LogP contribution < -0.4 is 10.6 Å². The zero-order chi connectivity index (χ0) is 17.5. The minimum Gasteiger partial charge on any atom is -0.379 e. The molecular formula is C19H40N4O. The van der Waals surface area contributed by atoms with Gasteiger partial charge < -0.3 is 15.4 Å². The van der Waals surface area contributed by atoms with Crippen LogP contribution in [0.5, 0.6) is 0 Å². The fraction of sp³-hybridized carbons (Fsp3) is 0.947. The topological polar surface area (TPSA) is 48.9 Å². The first kappa shape index (κ1) is 21.2. The van der Waals surface area contributed by atoms with Crippen molar-refractivity contribution in [1.82, 2.24) is 15.5 Å². The van der Waals surface area contributed by atoms with Crippen LogP contribution in [-0.2, 0) is 4.74 Å². The summed E-state index contributed by atoms with van der Waals surface area (Å²) in [7, 11) is 0. The molecular weight excluding hydrogens is 300 g/mol. The molecule has 5 heteroatoms. The van der Waals surface area contributed by atoms with Crippen molar-refractivity contribution in [3.05, 3.63) is 0 Å². The first-order valence-electron chi connectivity index (χ1n) is 10.1. The molecule has 1 fully saturated rings. The lowest BCUT2D eigenvalue weighted by Crippen LogP contribution is -2.39. The van der Waals surface area contributed by atoms with Crippen molar-refractivity contribution in [3.8, 4) is 0 Å². The number of guanidine groups is 1. The molecule has 0 radical (unpaired) electrons. The van der Waals surface area contributed by atoms with E-state index in [9.17, 15) is 0 Å². The van der Waals surface area contributed by atoms with E-state index in [1.807, 2.05) is 0 Å². The average Bonchev–Trinajstić information content (AvgIpc) is 2.62. The Morgan fingerprint density at radius 2 is 1.88 bits per heavy atom. The SMILES string of the molecule is CCCCC(CC)CN=C(NCC)NCCCCN1CCOCC1. The molecule has 1 rings (SSSR count). The zero-order valence-electron chi connectivity index (χ0n) is 16.3. The number of morpholine rings is 1. The molecule has 1 atom stereocenters. The second-order valence-corrected chi connectivity index (χ2v) is 6.72. The van der Waals surface area contributed by atoms with E-state index >= 15 is 0 Å². The molecule has 1 aliphatic heterocycles. The van der Waals surface area contributed by atoms with E-state index in [-0.39, 0.29) is 0 Å². The Kier molecular flexibility index (Phi) is 12.9. The molecule has 5 nitrogen and oxygen atoms in total. The van der Waals surface area contributed by atoms with Crippen LogP contribution in [0.15, 0.2) is 4.99 Å². The summed E-state index contributed by atoms with van der Waals surface area (Å²) in [5.41, 5.74) is 0. The van der Waals surface area contributed by atoms with Crippen molar-refractivity contribution in [1.29, 1.82) is 0 Å². The molecule has 1 unspecified atom stereocenters. The Morgan fingerprint density at radius 3 is 2.54 bits per heavy atom. The number of hydrogen-bond acceptors (Lipinski definition) is 3. The van der Waals surface area contributed by atoms with Gasteiger partial charge in [-0.3, -0.25) is 9.89 Å². The lowest BCUT2D eigenvalue weighted by molar-refractivity contribution is 0.0372. The number of rotatable bonds is 12. The first-order valence-corrected chi connectivity index (χ1v) is 10.1. The van der Waals surface area contributed by atoms with Gasteiger partial charge in [-0.1, -0.05) is 33.1 Å². The van der Waals surface area contributed by atoms with Gasteiger partial charge in [0.05, 0.1) is 13.2 Å². The molecule has 2 N–H and O–H groups in total. The maximum absolute atomic E-state index is 5.39. The van der Waals surface area contributed by atoms with Crippen LogP contribution in [0.3, 0.4) is 0 Å². The Bertz CT molecular complexity index is 316. The highest BCUT2D eigenvalue weighted by atomic mass is 16.5. The van der Waals surface area contributed by atoms with Gasteiger partial charge in [-0.05, 0) is 38.6 Å². The van der Waals surface area contributed by atoms with Crippen molar-refractivity contribution in [2.75, 3.05) is 52.5 Å². The standard InChI is InChI=1S/C19H40N4O/c1-4-7-10-18(5-2)17-22-19(20-6-3)21-11-8-9-12-23-13-15-24-16-14-23/h18H,4-17H2,1-3H3,(H2,20,21,22). The second kappa shape index (κ2) is 14.5. The van der Waals surface area contributed by atoms with Gasteiger partial charge in [0.1, 0.15) is 0 Å². The fourth-order valence-electron chi connectivity index (χ4n) is 2.97. The summed E-state index contributed by atoms with van der Waals surface area (Å²) in [4.78, 5) is 7.29. The smallest absolute Gasteiger partial charge is 0.191 e. The molecule has 0 amide bonds. The monoisotopic (exact) mass is 340 g/mol. The second-order valence-electron chi connectivity index (χ2n) is 6.72. The van der Waals surface area contributed by atoms with Crippen molar-refractivity contribution in [3.63, 3.8) is 0 Å². The average molecular weight is 341 g/mol. The van der Waals surface area contributed by atoms with Gasteiger partial charge in [-0.2, -0.15) is 0 Å². The zero-order valence-corrected chi connectivity index (χ0v) is 16.3. The first-order chi connectivity index (χ1) is 11.8. The van der Waals surface area contributed by atoms with Crippen LogP contribution in [0.25, 0.3) is 0 Å². The van der Waals surface area contributed by atoms with Crippen LogP contribution in [-0.4, -0.2) is 63.3 Å². The summed E-state index contributed by atoms with van der Waals surface area (Å²) in [5.74, 6) is 1.71. The van der Waals surface area contributed by atoms with Crippen molar-refractivity contribution in [2.45, 2.75) is 59.3 Å². The third kappa shape index (κ3) is 10.1. The van der Waals surface area contributed by atoms with E-state index < -0.39 is 0 Å². The van der Waals surface area contributed by atoms with Crippen molar-refractivity contribution >= 4 is 5.96 Å². The maximum atomic E-state index is 5.39. The Balaban J connectivity index is 2.19. The normalized spacial score (nSPS) is 17.7. The quantitative estimate of drug-likeness (QED) is 0.326. The molecule has 0 spiro atoms. The van der Waals surface area contributed by atoms with E-state index in [2.05, 4.69) is 36.3 Å². The molecule has 24 heavy (non-hydrogen) atoms. The Hall–Kier alpha value is -0.810. The van der Waals surface area contributed by atoms with E-state index in [1.165, 1.54) is 45.1 Å². The molecule has 1 saturated heterocycles. The molecule has 0 aliphatic carbocycles. The van der Waals surface area contributed by atoms with Crippen LogP contribution in [0.2, 0.25) is 0 Å². The molecule has 0 aromatic carbocycles. The highest BCUT2D eigenvalue weighted by Gasteiger charge is 2.09. The van der Waals surface area contributed by atoms with E-state index in [1.54, 1.807) is 0 Å². The van der Waals surface area contributed by atoms with Gasteiger partial charge in [0, 0.05) is 32.7 Å². The van der Waals surface area contributed by atoms with Gasteiger partial charge in [0.25, 0.3) is 0 Å². The number of hydrogen-bond donors (Lipinski definition) is 2. The van der Waals surface area contributed by atoms with Crippen LogP contribution >= 0.6 is 0 Å². The highest BCUT2D eigenvalue weighted by Crippen LogP contribution is 2.12. The van der Waals surface area contributed by atoms with Crippen LogP contribution in [0.1, 0.15) is 59.3 Å². The molecule has 0 aromatic heterocycles. The number of nitrogens with zero attached hydrogens (tertiary/aromatic N) is 2. The molecule has 0 saturated carbocycles. The van der Waals surface area contributed by atoms with Crippen LogP contribution in [0, 0.1) is 5.92 Å². The summed E-state index contributed by atoms with van der Waals surface area (Å²) in [6, 6.07) is 0. The lowest BCUT2D eigenvalue weighted by atomic mass is 10.00. The van der Waals surface area contributed by atoms with Gasteiger partial charge in [-0.25, -0.2) is 0 Å². The number of unbranched alkanes of at least 4 members (excludes halogenated alkanes) is 2. The van der Waals surface area contributed by atoms with E-state index in [0.717, 1.165) is 57.8 Å². The summed E-state index contributed by atoms with van der Waals surface area (Å²) < 4.78 is 5.39. The fourth-order valence-corrected chi connectivity index (χ4v) is 2.97. The van der Waals surface area contributed by atoms with Gasteiger partial charge in [0.2, 0.25) is 0 Å². The van der Waals surface area contributed by atoms with Gasteiger partial charge >= 0.3 is 0 Å². The summed E-state index contributed by atoms with van der Waals surface area (Å²) in [6.07, 6.45) is 7.55. The minimum atomic E-state index is 0.724. The van der Waals surface area contributed by atoms with Crippen LogP contribution in [0.4, 0.5) is 0 Å². The molecule has 142 valence electrons. The van der Waals surface area contributed by atoms with Gasteiger partial charge in [0.15, 0.2) is 5.96 Å². The molecule has 0 bridgehead atoms. The number of aliphatic imine (C=N–C) groups is 1. The third-order valence-electron chi connectivity index (χ3n) is 4.69. The predicted molar refractivity (Wildman–Crippen MR) is 104 cm³/mol. The maximum Gasteiger partial charge on any atom is 0.191 e. The van der Waals surface area contributed by atoms with E-state index in [4.69, 9.17) is 9.73 Å². The summed E-state index contributed by atoms with van der Waals surface area (Å²) in [6.45, 7) is 14.7.